The van der Waals surface area contributed by atoms with Crippen LogP contribution < -0.4 is 5.32 Å². The fourth-order valence-corrected chi connectivity index (χ4v) is 1.08. The van der Waals surface area contributed by atoms with Crippen molar-refractivity contribution in [2.45, 2.75) is 6.54 Å². The van der Waals surface area contributed by atoms with E-state index in [4.69, 9.17) is 0 Å². The first-order valence-corrected chi connectivity index (χ1v) is 4.19. The first-order valence-electron chi connectivity index (χ1n) is 4.19. The predicted octanol–water partition coefficient (Wildman–Crippen LogP) is 1.56. The van der Waals surface area contributed by atoms with Gasteiger partial charge in [-0.3, -0.25) is 5.10 Å². The second kappa shape index (κ2) is 3.87. The second-order valence-electron chi connectivity index (χ2n) is 2.78. The number of nitrogens with one attached hydrogen (secondary N) is 2. The van der Waals surface area contributed by atoms with Crippen LogP contribution in [-0.4, -0.2) is 15.2 Å². The molecule has 2 rings (SSSR count). The number of pyridine rings is 1. The summed E-state index contributed by atoms with van der Waals surface area (Å²) in [6.45, 7) is 0.552. The van der Waals surface area contributed by atoms with Crippen LogP contribution in [0.1, 0.15) is 5.69 Å². The maximum absolute atomic E-state index is 12.7. The Labute approximate surface area is 80.2 Å². The van der Waals surface area contributed by atoms with Gasteiger partial charge in [0.15, 0.2) is 0 Å². The van der Waals surface area contributed by atoms with Crippen LogP contribution >= 0.6 is 0 Å². The summed E-state index contributed by atoms with van der Waals surface area (Å²) < 4.78 is 12.7. The minimum Gasteiger partial charge on any atom is -0.364 e. The highest BCUT2D eigenvalue weighted by atomic mass is 19.1. The number of H-pyrrole nitrogens is 1. The zero-order valence-electron chi connectivity index (χ0n) is 7.37. The van der Waals surface area contributed by atoms with E-state index in [-0.39, 0.29) is 0 Å². The predicted molar refractivity (Wildman–Crippen MR) is 50.1 cm³/mol. The van der Waals surface area contributed by atoms with Crippen molar-refractivity contribution in [2.75, 3.05) is 5.32 Å². The Balaban J connectivity index is 1.98. The number of rotatable bonds is 3. The van der Waals surface area contributed by atoms with Crippen molar-refractivity contribution in [1.82, 2.24) is 15.2 Å². The number of anilines is 1. The molecular formula is C9H9FN4. The average Bonchev–Trinajstić information content (AvgIpc) is 2.67. The molecule has 14 heavy (non-hydrogen) atoms. The Morgan fingerprint density at radius 1 is 1.36 bits per heavy atom. The molecule has 0 fully saturated rings. The summed E-state index contributed by atoms with van der Waals surface area (Å²) in [5.41, 5.74) is 0.927. The highest BCUT2D eigenvalue weighted by Crippen LogP contribution is 2.04. The van der Waals surface area contributed by atoms with Crippen LogP contribution in [0.3, 0.4) is 0 Å². The van der Waals surface area contributed by atoms with E-state index in [9.17, 15) is 4.39 Å². The van der Waals surface area contributed by atoms with E-state index in [0.717, 1.165) is 5.69 Å². The summed E-state index contributed by atoms with van der Waals surface area (Å²) >= 11 is 0. The van der Waals surface area contributed by atoms with Gasteiger partial charge in [0.05, 0.1) is 12.2 Å². The minimum atomic E-state index is -0.486. The van der Waals surface area contributed by atoms with Gasteiger partial charge in [0.25, 0.3) is 0 Å². The van der Waals surface area contributed by atoms with E-state index in [1.54, 1.807) is 18.3 Å². The molecule has 0 aliphatic heterocycles. The molecule has 2 aromatic heterocycles. The van der Waals surface area contributed by atoms with Crippen LogP contribution in [-0.2, 0) is 6.54 Å². The third-order valence-corrected chi connectivity index (χ3v) is 1.73. The van der Waals surface area contributed by atoms with Crippen LogP contribution in [0, 0.1) is 5.95 Å². The largest absolute Gasteiger partial charge is 0.364 e. The van der Waals surface area contributed by atoms with Crippen LogP contribution in [0.25, 0.3) is 0 Å². The SMILES string of the molecule is Fc1cccc(NCc2ccn[nH]2)n1. The first kappa shape index (κ1) is 8.68. The third-order valence-electron chi connectivity index (χ3n) is 1.73. The zero-order chi connectivity index (χ0) is 9.80. The summed E-state index contributed by atoms with van der Waals surface area (Å²) in [4.78, 5) is 3.66. The molecule has 2 N–H and O–H groups in total. The lowest BCUT2D eigenvalue weighted by atomic mass is 10.4. The van der Waals surface area contributed by atoms with Crippen LogP contribution in [0.5, 0.6) is 0 Å². The molecule has 0 bridgehead atoms. The van der Waals surface area contributed by atoms with Gasteiger partial charge in [-0.15, -0.1) is 0 Å². The molecule has 5 heteroatoms. The highest BCUT2D eigenvalue weighted by Gasteiger charge is 1.96. The lowest BCUT2D eigenvalue weighted by molar-refractivity contribution is 0.585. The van der Waals surface area contributed by atoms with Crippen molar-refractivity contribution in [3.63, 3.8) is 0 Å². The van der Waals surface area contributed by atoms with Gasteiger partial charge < -0.3 is 5.32 Å². The summed E-state index contributed by atoms with van der Waals surface area (Å²) in [7, 11) is 0. The van der Waals surface area contributed by atoms with Crippen LogP contribution in [0.4, 0.5) is 10.2 Å². The molecule has 0 radical (unpaired) electrons. The van der Waals surface area contributed by atoms with E-state index in [1.807, 2.05) is 6.07 Å². The van der Waals surface area contributed by atoms with Gasteiger partial charge in [-0.25, -0.2) is 4.98 Å². The van der Waals surface area contributed by atoms with E-state index < -0.39 is 5.95 Å². The maximum atomic E-state index is 12.7. The van der Waals surface area contributed by atoms with Gasteiger partial charge in [0.2, 0.25) is 5.95 Å². The molecular weight excluding hydrogens is 183 g/mol. The molecule has 72 valence electrons. The molecule has 0 unspecified atom stereocenters. The molecule has 2 aromatic rings. The molecule has 0 atom stereocenters. The number of hydrogen-bond acceptors (Lipinski definition) is 3. The van der Waals surface area contributed by atoms with E-state index in [0.29, 0.717) is 12.4 Å². The Morgan fingerprint density at radius 2 is 2.29 bits per heavy atom. The minimum absolute atomic E-state index is 0.486. The van der Waals surface area contributed by atoms with Crippen molar-refractivity contribution in [2.24, 2.45) is 0 Å². The number of aromatic amines is 1. The lowest BCUT2D eigenvalue weighted by Gasteiger charge is -2.02. The molecule has 4 nitrogen and oxygen atoms in total. The molecule has 0 spiro atoms. The smallest absolute Gasteiger partial charge is 0.214 e. The number of nitrogens with zero attached hydrogens (tertiary/aromatic N) is 2. The molecule has 0 saturated heterocycles. The van der Waals surface area contributed by atoms with Gasteiger partial charge in [-0.2, -0.15) is 9.49 Å². The summed E-state index contributed by atoms with van der Waals surface area (Å²) in [6.07, 6.45) is 1.66. The highest BCUT2D eigenvalue weighted by molar-refractivity contribution is 5.33. The number of hydrogen-bond donors (Lipinski definition) is 2. The quantitative estimate of drug-likeness (QED) is 0.725. The van der Waals surface area contributed by atoms with Crippen LogP contribution in [0.2, 0.25) is 0 Å². The van der Waals surface area contributed by atoms with Crippen molar-refractivity contribution in [3.8, 4) is 0 Å². The van der Waals surface area contributed by atoms with E-state index in [2.05, 4.69) is 20.5 Å². The molecule has 0 saturated carbocycles. The lowest BCUT2D eigenvalue weighted by Crippen LogP contribution is -2.02. The molecule has 0 amide bonds. The summed E-state index contributed by atoms with van der Waals surface area (Å²) in [5.74, 6) is 0.0270. The van der Waals surface area contributed by atoms with Gasteiger partial charge in [-0.05, 0) is 18.2 Å². The zero-order valence-corrected chi connectivity index (χ0v) is 7.37. The molecule has 0 aliphatic carbocycles. The van der Waals surface area contributed by atoms with Crippen molar-refractivity contribution in [1.29, 1.82) is 0 Å². The number of halogens is 1. The monoisotopic (exact) mass is 192 g/mol. The number of aromatic nitrogens is 3. The Bertz CT molecular complexity index is 399. The Kier molecular flexibility index (Phi) is 2.40. The molecule has 0 aromatic carbocycles. The van der Waals surface area contributed by atoms with Crippen molar-refractivity contribution >= 4 is 5.82 Å². The standard InChI is InChI=1S/C9H9FN4/c10-8-2-1-3-9(13-8)11-6-7-4-5-12-14-7/h1-5H,6H2,(H,11,13)(H,12,14). The summed E-state index contributed by atoms with van der Waals surface area (Å²) in [5, 5.41) is 9.55. The third kappa shape index (κ3) is 2.07. The fourth-order valence-electron chi connectivity index (χ4n) is 1.08. The van der Waals surface area contributed by atoms with Gasteiger partial charge >= 0.3 is 0 Å². The van der Waals surface area contributed by atoms with Gasteiger partial charge in [0, 0.05) is 6.20 Å². The van der Waals surface area contributed by atoms with Crippen LogP contribution in [0.15, 0.2) is 30.5 Å². The van der Waals surface area contributed by atoms with Crippen molar-refractivity contribution < 1.29 is 4.39 Å². The topological polar surface area (TPSA) is 53.6 Å². The normalized spacial score (nSPS) is 10.1. The average molecular weight is 192 g/mol. The first-order chi connectivity index (χ1) is 6.84. The van der Waals surface area contributed by atoms with Crippen molar-refractivity contribution in [3.05, 3.63) is 42.1 Å². The van der Waals surface area contributed by atoms with E-state index in [1.165, 1.54) is 6.07 Å². The van der Waals surface area contributed by atoms with E-state index >= 15 is 0 Å². The van der Waals surface area contributed by atoms with Gasteiger partial charge in [0.1, 0.15) is 5.82 Å². The maximum Gasteiger partial charge on any atom is 0.214 e. The Morgan fingerprint density at radius 3 is 3.00 bits per heavy atom. The Hall–Kier alpha value is -1.91. The second-order valence-corrected chi connectivity index (χ2v) is 2.78. The molecule has 0 aliphatic rings. The summed E-state index contributed by atoms with van der Waals surface area (Å²) in [6, 6.07) is 6.46. The fraction of sp³-hybridized carbons (Fsp3) is 0.111. The van der Waals surface area contributed by atoms with Gasteiger partial charge in [-0.1, -0.05) is 6.07 Å². The molecule has 2 heterocycles.